The van der Waals surface area contributed by atoms with Crippen molar-refractivity contribution in [2.45, 2.75) is 13.3 Å². The first kappa shape index (κ1) is 17.0. The number of carbonyl (C=O) groups is 2. The van der Waals surface area contributed by atoms with Gasteiger partial charge in [-0.25, -0.2) is 4.79 Å². The standard InChI is InChI=1S/C15H23N3O3/c1-12-4-6-13(7-5-12)18(10-8-14(19)20)15(21)16-9-11-17(2)3/h4-7H,8-11H2,1-3H3,(H,16,21)(H,19,20). The molecule has 0 heterocycles. The number of anilines is 1. The lowest BCUT2D eigenvalue weighted by Gasteiger charge is -2.23. The monoisotopic (exact) mass is 293 g/mol. The minimum atomic E-state index is -0.923. The van der Waals surface area contributed by atoms with Crippen molar-refractivity contribution >= 4 is 17.7 Å². The Kier molecular flexibility index (Phi) is 6.68. The molecule has 0 aliphatic heterocycles. The minimum absolute atomic E-state index is 0.0883. The predicted octanol–water partition coefficient (Wildman–Crippen LogP) is 1.55. The number of urea groups is 1. The molecule has 116 valence electrons. The zero-order valence-electron chi connectivity index (χ0n) is 12.8. The van der Waals surface area contributed by atoms with Crippen LogP contribution in [0.2, 0.25) is 0 Å². The molecule has 0 atom stereocenters. The third-order valence-corrected chi connectivity index (χ3v) is 2.98. The van der Waals surface area contributed by atoms with Crippen LogP contribution in [0.15, 0.2) is 24.3 Å². The molecule has 0 saturated heterocycles. The lowest BCUT2D eigenvalue weighted by atomic mass is 10.2. The highest BCUT2D eigenvalue weighted by Gasteiger charge is 2.16. The second-order valence-corrected chi connectivity index (χ2v) is 5.17. The van der Waals surface area contributed by atoms with Gasteiger partial charge >= 0.3 is 12.0 Å². The van der Waals surface area contributed by atoms with Crippen LogP contribution in [0.4, 0.5) is 10.5 Å². The Labute approximate surface area is 125 Å². The smallest absolute Gasteiger partial charge is 0.321 e. The molecule has 0 fully saturated rings. The van der Waals surface area contributed by atoms with E-state index >= 15 is 0 Å². The van der Waals surface area contributed by atoms with E-state index < -0.39 is 5.97 Å². The molecular weight excluding hydrogens is 270 g/mol. The van der Waals surface area contributed by atoms with Crippen LogP contribution in [-0.4, -0.2) is 55.7 Å². The number of hydrogen-bond acceptors (Lipinski definition) is 3. The Morgan fingerprint density at radius 1 is 1.14 bits per heavy atom. The molecule has 0 aliphatic rings. The van der Waals surface area contributed by atoms with Crippen LogP contribution in [0.1, 0.15) is 12.0 Å². The summed E-state index contributed by atoms with van der Waals surface area (Å²) in [5, 5.41) is 11.6. The molecule has 0 aliphatic carbocycles. The molecule has 0 saturated carbocycles. The molecule has 6 heteroatoms. The highest BCUT2D eigenvalue weighted by atomic mass is 16.4. The van der Waals surface area contributed by atoms with Gasteiger partial charge in [-0.05, 0) is 33.2 Å². The largest absolute Gasteiger partial charge is 0.481 e. The number of aliphatic carboxylic acids is 1. The van der Waals surface area contributed by atoms with Crippen LogP contribution in [-0.2, 0) is 4.79 Å². The molecule has 0 radical (unpaired) electrons. The number of aryl methyl sites for hydroxylation is 1. The molecule has 0 unspecified atom stereocenters. The Balaban J connectivity index is 2.73. The summed E-state index contributed by atoms with van der Waals surface area (Å²) in [4.78, 5) is 26.4. The third kappa shape index (κ3) is 6.27. The Bertz CT molecular complexity index is 472. The number of carboxylic acid groups (broad SMARTS) is 1. The van der Waals surface area contributed by atoms with Crippen molar-refractivity contribution < 1.29 is 14.7 Å². The molecule has 1 aromatic rings. The molecule has 6 nitrogen and oxygen atoms in total. The number of hydrogen-bond donors (Lipinski definition) is 2. The second-order valence-electron chi connectivity index (χ2n) is 5.17. The molecule has 2 amide bonds. The average molecular weight is 293 g/mol. The number of carbonyl (C=O) groups excluding carboxylic acids is 1. The predicted molar refractivity (Wildman–Crippen MR) is 82.7 cm³/mol. The maximum Gasteiger partial charge on any atom is 0.321 e. The Morgan fingerprint density at radius 2 is 1.76 bits per heavy atom. The number of rotatable bonds is 7. The molecule has 21 heavy (non-hydrogen) atoms. The summed E-state index contributed by atoms with van der Waals surface area (Å²) in [6.45, 7) is 3.35. The summed E-state index contributed by atoms with van der Waals surface area (Å²) in [7, 11) is 3.85. The van der Waals surface area contributed by atoms with Gasteiger partial charge in [0.15, 0.2) is 0 Å². The van der Waals surface area contributed by atoms with E-state index in [-0.39, 0.29) is 19.0 Å². The van der Waals surface area contributed by atoms with Gasteiger partial charge in [0.1, 0.15) is 0 Å². The zero-order chi connectivity index (χ0) is 15.8. The Hall–Kier alpha value is -2.08. The lowest BCUT2D eigenvalue weighted by molar-refractivity contribution is -0.136. The fourth-order valence-electron chi connectivity index (χ4n) is 1.76. The first-order valence-corrected chi connectivity index (χ1v) is 6.88. The van der Waals surface area contributed by atoms with Gasteiger partial charge in [0, 0.05) is 25.3 Å². The summed E-state index contributed by atoms with van der Waals surface area (Å²) in [5.74, 6) is -0.923. The van der Waals surface area contributed by atoms with Crippen LogP contribution in [0, 0.1) is 6.92 Å². The van der Waals surface area contributed by atoms with Crippen molar-refractivity contribution in [2.75, 3.05) is 38.6 Å². The van der Waals surface area contributed by atoms with Crippen molar-refractivity contribution in [3.8, 4) is 0 Å². The maximum absolute atomic E-state index is 12.2. The highest BCUT2D eigenvalue weighted by Crippen LogP contribution is 2.15. The SMILES string of the molecule is Cc1ccc(N(CCC(=O)O)C(=O)NCCN(C)C)cc1. The van der Waals surface area contributed by atoms with Gasteiger partial charge in [-0.2, -0.15) is 0 Å². The number of benzene rings is 1. The molecule has 0 bridgehead atoms. The van der Waals surface area contributed by atoms with Crippen molar-refractivity contribution in [1.29, 1.82) is 0 Å². The molecule has 1 aromatic carbocycles. The van der Waals surface area contributed by atoms with Crippen LogP contribution < -0.4 is 10.2 Å². The molecule has 2 N–H and O–H groups in total. The summed E-state index contributed by atoms with van der Waals surface area (Å²) in [6.07, 6.45) is -0.0883. The van der Waals surface area contributed by atoms with Gasteiger partial charge in [0.2, 0.25) is 0 Å². The minimum Gasteiger partial charge on any atom is -0.481 e. The van der Waals surface area contributed by atoms with E-state index in [0.29, 0.717) is 12.2 Å². The van der Waals surface area contributed by atoms with Crippen molar-refractivity contribution in [3.05, 3.63) is 29.8 Å². The van der Waals surface area contributed by atoms with E-state index in [2.05, 4.69) is 5.32 Å². The van der Waals surface area contributed by atoms with Crippen LogP contribution in [0.3, 0.4) is 0 Å². The normalized spacial score (nSPS) is 10.5. The van der Waals surface area contributed by atoms with Gasteiger partial charge in [-0.3, -0.25) is 9.69 Å². The molecule has 0 aromatic heterocycles. The van der Waals surface area contributed by atoms with E-state index in [0.717, 1.165) is 12.1 Å². The summed E-state index contributed by atoms with van der Waals surface area (Å²) in [5.41, 5.74) is 1.79. The molecule has 1 rings (SSSR count). The number of nitrogens with one attached hydrogen (secondary N) is 1. The Morgan fingerprint density at radius 3 is 2.29 bits per heavy atom. The van der Waals surface area contributed by atoms with E-state index in [1.165, 1.54) is 4.90 Å². The lowest BCUT2D eigenvalue weighted by Crippen LogP contribution is -2.43. The third-order valence-electron chi connectivity index (χ3n) is 2.98. The highest BCUT2D eigenvalue weighted by molar-refractivity contribution is 5.92. The van der Waals surface area contributed by atoms with Gasteiger partial charge in [-0.15, -0.1) is 0 Å². The summed E-state index contributed by atoms with van der Waals surface area (Å²) in [6, 6.07) is 7.17. The zero-order valence-corrected chi connectivity index (χ0v) is 12.8. The summed E-state index contributed by atoms with van der Waals surface area (Å²) >= 11 is 0. The summed E-state index contributed by atoms with van der Waals surface area (Å²) < 4.78 is 0. The van der Waals surface area contributed by atoms with Crippen molar-refractivity contribution in [1.82, 2.24) is 10.2 Å². The average Bonchev–Trinajstić information content (AvgIpc) is 2.40. The van der Waals surface area contributed by atoms with E-state index in [1.807, 2.05) is 50.2 Å². The van der Waals surface area contributed by atoms with E-state index in [9.17, 15) is 9.59 Å². The molecule has 0 spiro atoms. The van der Waals surface area contributed by atoms with Crippen LogP contribution >= 0.6 is 0 Å². The second kappa shape index (κ2) is 8.26. The number of amides is 2. The fraction of sp³-hybridized carbons (Fsp3) is 0.467. The molecular formula is C15H23N3O3. The first-order chi connectivity index (χ1) is 9.90. The van der Waals surface area contributed by atoms with E-state index in [1.54, 1.807) is 0 Å². The van der Waals surface area contributed by atoms with Gasteiger partial charge < -0.3 is 15.3 Å². The van der Waals surface area contributed by atoms with Crippen molar-refractivity contribution in [3.63, 3.8) is 0 Å². The quantitative estimate of drug-likeness (QED) is 0.800. The van der Waals surface area contributed by atoms with Crippen molar-refractivity contribution in [2.24, 2.45) is 0 Å². The maximum atomic E-state index is 12.2. The topological polar surface area (TPSA) is 72.9 Å². The number of carboxylic acids is 1. The number of nitrogens with zero attached hydrogens (tertiary/aromatic N) is 2. The van der Waals surface area contributed by atoms with Gasteiger partial charge in [0.25, 0.3) is 0 Å². The van der Waals surface area contributed by atoms with Gasteiger partial charge in [0.05, 0.1) is 6.42 Å². The van der Waals surface area contributed by atoms with E-state index in [4.69, 9.17) is 5.11 Å². The van der Waals surface area contributed by atoms with Crippen LogP contribution in [0.25, 0.3) is 0 Å². The van der Waals surface area contributed by atoms with Gasteiger partial charge in [-0.1, -0.05) is 17.7 Å². The first-order valence-electron chi connectivity index (χ1n) is 6.88. The van der Waals surface area contributed by atoms with Crippen LogP contribution in [0.5, 0.6) is 0 Å². The number of likely N-dealkylation sites (N-methyl/N-ethyl adjacent to an activating group) is 1. The fourth-order valence-corrected chi connectivity index (χ4v) is 1.76.